The lowest BCUT2D eigenvalue weighted by molar-refractivity contribution is 0.250. The molecular weight excluding hydrogens is 395 g/mol. The van der Waals surface area contributed by atoms with Gasteiger partial charge in [0.15, 0.2) is 0 Å². The van der Waals surface area contributed by atoms with Crippen molar-refractivity contribution in [2.24, 2.45) is 11.8 Å². The van der Waals surface area contributed by atoms with Crippen LogP contribution < -0.4 is 0 Å². The van der Waals surface area contributed by atoms with Gasteiger partial charge in [0.05, 0.1) is 11.4 Å². The van der Waals surface area contributed by atoms with E-state index < -0.39 is 0 Å². The van der Waals surface area contributed by atoms with Gasteiger partial charge in [0.2, 0.25) is 0 Å². The molecule has 3 rings (SSSR count). The Balaban J connectivity index is 1.45. The Morgan fingerprint density at radius 2 is 1.47 bits per heavy atom. The van der Waals surface area contributed by atoms with E-state index in [9.17, 15) is 4.39 Å². The highest BCUT2D eigenvalue weighted by Gasteiger charge is 2.20. The maximum absolute atomic E-state index is 14.8. The van der Waals surface area contributed by atoms with E-state index in [4.69, 9.17) is 0 Å². The Labute approximate surface area is 195 Å². The van der Waals surface area contributed by atoms with Crippen molar-refractivity contribution in [3.63, 3.8) is 0 Å². The fraction of sp³-hybridized carbons (Fsp3) is 0.655. The highest BCUT2D eigenvalue weighted by molar-refractivity contribution is 5.59. The van der Waals surface area contributed by atoms with E-state index >= 15 is 0 Å². The second kappa shape index (κ2) is 13.7. The van der Waals surface area contributed by atoms with Gasteiger partial charge in [-0.1, -0.05) is 90.5 Å². The van der Waals surface area contributed by atoms with Crippen LogP contribution in [0.4, 0.5) is 4.39 Å². The van der Waals surface area contributed by atoms with E-state index in [0.717, 1.165) is 42.4 Å². The van der Waals surface area contributed by atoms with Crippen LogP contribution in [0.25, 0.3) is 11.3 Å². The van der Waals surface area contributed by atoms with Gasteiger partial charge in [-0.25, -0.2) is 4.39 Å². The minimum atomic E-state index is -0.174. The van der Waals surface area contributed by atoms with Crippen LogP contribution in [0, 0.1) is 17.7 Å². The number of hydrogen-bond acceptors (Lipinski definition) is 2. The number of rotatable bonds is 13. The highest BCUT2D eigenvalue weighted by atomic mass is 19.1. The first-order valence-corrected chi connectivity index (χ1v) is 13.3. The summed E-state index contributed by atoms with van der Waals surface area (Å²) in [5.41, 5.74) is 3.31. The average molecular weight is 439 g/mol. The molecule has 0 amide bonds. The van der Waals surface area contributed by atoms with E-state index in [1.54, 1.807) is 6.07 Å². The Bertz CT molecular complexity index is 778. The highest BCUT2D eigenvalue weighted by Crippen LogP contribution is 2.34. The molecule has 0 radical (unpaired) electrons. The summed E-state index contributed by atoms with van der Waals surface area (Å²) in [6.07, 6.45) is 19.0. The number of benzene rings is 1. The van der Waals surface area contributed by atoms with Gasteiger partial charge < -0.3 is 0 Å². The van der Waals surface area contributed by atoms with Crippen molar-refractivity contribution in [3.8, 4) is 11.3 Å². The fourth-order valence-electron chi connectivity index (χ4n) is 5.14. The van der Waals surface area contributed by atoms with E-state index in [1.165, 1.54) is 77.0 Å². The predicted molar refractivity (Wildman–Crippen MR) is 133 cm³/mol. The molecule has 0 bridgehead atoms. The molecule has 0 aliphatic heterocycles. The molecule has 176 valence electrons. The van der Waals surface area contributed by atoms with E-state index in [1.807, 2.05) is 18.2 Å². The molecule has 1 fully saturated rings. The molecule has 1 aliphatic carbocycles. The largest absolute Gasteiger partial charge is 0.206 e. The monoisotopic (exact) mass is 438 g/mol. The van der Waals surface area contributed by atoms with Crippen LogP contribution in [0.5, 0.6) is 0 Å². The molecule has 1 heterocycles. The van der Waals surface area contributed by atoms with Crippen LogP contribution in [-0.2, 0) is 12.8 Å². The zero-order valence-corrected chi connectivity index (χ0v) is 20.4. The summed E-state index contributed by atoms with van der Waals surface area (Å²) in [5.74, 6) is 1.60. The van der Waals surface area contributed by atoms with Gasteiger partial charge in [0.25, 0.3) is 0 Å². The van der Waals surface area contributed by atoms with Crippen LogP contribution in [0.2, 0.25) is 0 Å². The van der Waals surface area contributed by atoms with Gasteiger partial charge in [-0.15, -0.1) is 0 Å². The Kier molecular flexibility index (Phi) is 10.6. The van der Waals surface area contributed by atoms with Crippen molar-refractivity contribution in [1.29, 1.82) is 0 Å². The molecule has 1 aromatic carbocycles. The van der Waals surface area contributed by atoms with Gasteiger partial charge in [-0.2, -0.15) is 10.2 Å². The van der Waals surface area contributed by atoms with Crippen molar-refractivity contribution in [2.45, 2.75) is 110 Å². The van der Waals surface area contributed by atoms with Gasteiger partial charge in [-0.3, -0.25) is 0 Å². The Morgan fingerprint density at radius 1 is 0.750 bits per heavy atom. The number of nitrogens with zero attached hydrogens (tertiary/aromatic N) is 2. The van der Waals surface area contributed by atoms with Gasteiger partial charge in [0, 0.05) is 5.56 Å². The zero-order chi connectivity index (χ0) is 22.6. The third-order valence-corrected chi connectivity index (χ3v) is 7.34. The number of aromatic nitrogens is 2. The number of hydrogen-bond donors (Lipinski definition) is 0. The molecule has 1 aromatic heterocycles. The second-order valence-electron chi connectivity index (χ2n) is 9.96. The molecule has 1 saturated carbocycles. The van der Waals surface area contributed by atoms with Crippen molar-refractivity contribution >= 4 is 0 Å². The van der Waals surface area contributed by atoms with Crippen LogP contribution in [0.3, 0.4) is 0 Å². The normalized spacial score (nSPS) is 18.7. The molecule has 0 atom stereocenters. The summed E-state index contributed by atoms with van der Waals surface area (Å²) in [6.45, 7) is 4.52. The maximum atomic E-state index is 14.8. The number of aryl methyl sites for hydroxylation is 2. The summed E-state index contributed by atoms with van der Waals surface area (Å²) in [6, 6.07) is 9.61. The first-order valence-electron chi connectivity index (χ1n) is 13.3. The molecule has 0 saturated heterocycles. The molecule has 1 aliphatic rings. The number of unbranched alkanes of at least 4 members (excludes halogenated alkanes) is 5. The molecule has 2 nitrogen and oxygen atoms in total. The third kappa shape index (κ3) is 7.98. The van der Waals surface area contributed by atoms with Crippen LogP contribution in [0.1, 0.15) is 109 Å². The lowest BCUT2D eigenvalue weighted by Crippen LogP contribution is -2.15. The summed E-state index contributed by atoms with van der Waals surface area (Å²) in [4.78, 5) is 0. The standard InChI is InChI=1S/C29H43FN2/c1-3-5-7-8-9-11-26-19-21-29(32-31-26)27-20-18-25(22-28(27)30)17-16-24-14-12-23(13-15-24)10-6-4-2/h18-24H,3-17H2,1-2H3. The summed E-state index contributed by atoms with van der Waals surface area (Å²) >= 11 is 0. The van der Waals surface area contributed by atoms with Crippen LogP contribution >= 0.6 is 0 Å². The van der Waals surface area contributed by atoms with E-state index in [0.29, 0.717) is 11.3 Å². The van der Waals surface area contributed by atoms with Crippen molar-refractivity contribution in [2.75, 3.05) is 0 Å². The van der Waals surface area contributed by atoms with Crippen molar-refractivity contribution in [1.82, 2.24) is 10.2 Å². The van der Waals surface area contributed by atoms with Crippen LogP contribution in [-0.4, -0.2) is 10.2 Å². The van der Waals surface area contributed by atoms with Gasteiger partial charge in [0.1, 0.15) is 5.82 Å². The van der Waals surface area contributed by atoms with E-state index in [-0.39, 0.29) is 5.82 Å². The predicted octanol–water partition coefficient (Wildman–Crippen LogP) is 8.72. The topological polar surface area (TPSA) is 25.8 Å². The minimum absolute atomic E-state index is 0.174. The average Bonchev–Trinajstić information content (AvgIpc) is 2.82. The lowest BCUT2D eigenvalue weighted by Gasteiger charge is -2.28. The summed E-state index contributed by atoms with van der Waals surface area (Å²) in [7, 11) is 0. The van der Waals surface area contributed by atoms with Gasteiger partial charge in [-0.05, 0) is 67.3 Å². The molecule has 3 heteroatoms. The molecule has 0 spiro atoms. The molecule has 2 aromatic rings. The van der Waals surface area contributed by atoms with Crippen LogP contribution in [0.15, 0.2) is 30.3 Å². The first kappa shape index (κ1) is 24.9. The summed E-state index contributed by atoms with van der Waals surface area (Å²) in [5, 5.41) is 8.65. The summed E-state index contributed by atoms with van der Waals surface area (Å²) < 4.78 is 14.8. The second-order valence-corrected chi connectivity index (χ2v) is 9.96. The quantitative estimate of drug-likeness (QED) is 0.292. The fourth-order valence-corrected chi connectivity index (χ4v) is 5.14. The Morgan fingerprint density at radius 3 is 2.12 bits per heavy atom. The third-order valence-electron chi connectivity index (χ3n) is 7.34. The molecular formula is C29H43FN2. The van der Waals surface area contributed by atoms with E-state index in [2.05, 4.69) is 30.1 Å². The minimum Gasteiger partial charge on any atom is -0.206 e. The Hall–Kier alpha value is -1.77. The maximum Gasteiger partial charge on any atom is 0.132 e. The lowest BCUT2D eigenvalue weighted by atomic mass is 9.78. The number of halogens is 1. The zero-order valence-electron chi connectivity index (χ0n) is 20.4. The van der Waals surface area contributed by atoms with Crippen molar-refractivity contribution < 1.29 is 4.39 Å². The molecule has 0 unspecified atom stereocenters. The smallest absolute Gasteiger partial charge is 0.132 e. The molecule has 32 heavy (non-hydrogen) atoms. The first-order chi connectivity index (χ1) is 15.7. The molecule has 0 N–H and O–H groups in total. The van der Waals surface area contributed by atoms with Crippen molar-refractivity contribution in [3.05, 3.63) is 47.4 Å². The SMILES string of the molecule is CCCCCCCc1ccc(-c2ccc(CCC3CCC(CCCC)CC3)cc2F)nn1. The van der Waals surface area contributed by atoms with Gasteiger partial charge >= 0.3 is 0 Å².